The Bertz CT molecular complexity index is 307. The molecule has 0 aromatic carbocycles. The van der Waals surface area contributed by atoms with Crippen LogP contribution in [0, 0.1) is 16.7 Å². The molecule has 0 radical (unpaired) electrons. The van der Waals surface area contributed by atoms with Gasteiger partial charge in [-0.05, 0) is 36.0 Å². The van der Waals surface area contributed by atoms with Crippen LogP contribution < -0.4 is 5.73 Å². The molecular weight excluding hydrogens is 260 g/mol. The van der Waals surface area contributed by atoms with E-state index in [9.17, 15) is 0 Å². The van der Waals surface area contributed by atoms with Crippen LogP contribution in [0.3, 0.4) is 0 Å². The first-order valence-corrected chi connectivity index (χ1v) is 8.50. The summed E-state index contributed by atoms with van der Waals surface area (Å²) >= 11 is 0. The Morgan fingerprint density at radius 1 is 1.05 bits per heavy atom. The maximum atomic E-state index is 6.35. The minimum Gasteiger partial charge on any atom is -0.383 e. The van der Waals surface area contributed by atoms with Crippen LogP contribution in [0.2, 0.25) is 0 Å². The maximum Gasteiger partial charge on any atom is 0.0589 e. The molecule has 0 unspecified atom stereocenters. The molecule has 0 aromatic rings. The normalized spacial score (nSPS) is 23.7. The van der Waals surface area contributed by atoms with E-state index in [1.165, 1.54) is 19.3 Å². The monoisotopic (exact) mass is 298 g/mol. The predicted molar refractivity (Wildman–Crippen MR) is 91.5 cm³/mol. The molecule has 0 spiro atoms. The van der Waals surface area contributed by atoms with E-state index in [-0.39, 0.29) is 5.54 Å². The molecule has 2 N–H and O–H groups in total. The van der Waals surface area contributed by atoms with Crippen molar-refractivity contribution in [1.29, 1.82) is 0 Å². The van der Waals surface area contributed by atoms with Crippen LogP contribution in [0.5, 0.6) is 0 Å². The molecule has 1 aliphatic carbocycles. The zero-order valence-electron chi connectivity index (χ0n) is 15.5. The van der Waals surface area contributed by atoms with E-state index >= 15 is 0 Å². The summed E-state index contributed by atoms with van der Waals surface area (Å²) in [4.78, 5) is 2.63. The highest BCUT2D eigenvalue weighted by Gasteiger charge is 2.49. The highest BCUT2D eigenvalue weighted by molar-refractivity contribution is 5.04. The van der Waals surface area contributed by atoms with Crippen LogP contribution in [0.25, 0.3) is 0 Å². The van der Waals surface area contributed by atoms with E-state index in [0.717, 1.165) is 26.2 Å². The van der Waals surface area contributed by atoms with Crippen LogP contribution in [-0.2, 0) is 4.74 Å². The number of hydrogen-bond acceptors (Lipinski definition) is 3. The summed E-state index contributed by atoms with van der Waals surface area (Å²) in [7, 11) is 1.79. The summed E-state index contributed by atoms with van der Waals surface area (Å²) in [6, 6.07) is 0. The van der Waals surface area contributed by atoms with Crippen molar-refractivity contribution in [1.82, 2.24) is 4.90 Å². The highest BCUT2D eigenvalue weighted by Crippen LogP contribution is 2.51. The molecule has 3 nitrogen and oxygen atoms in total. The third-order valence-corrected chi connectivity index (χ3v) is 4.77. The Labute approximate surface area is 132 Å². The molecule has 0 aromatic heterocycles. The van der Waals surface area contributed by atoms with Gasteiger partial charge in [0.1, 0.15) is 0 Å². The molecular formula is C18H38N2O. The Morgan fingerprint density at radius 2 is 1.57 bits per heavy atom. The quantitative estimate of drug-likeness (QED) is 0.781. The van der Waals surface area contributed by atoms with Gasteiger partial charge < -0.3 is 10.5 Å². The molecule has 1 aliphatic rings. The van der Waals surface area contributed by atoms with Crippen molar-refractivity contribution in [3.05, 3.63) is 0 Å². The van der Waals surface area contributed by atoms with Crippen molar-refractivity contribution in [2.75, 3.05) is 33.4 Å². The van der Waals surface area contributed by atoms with Gasteiger partial charge in [-0.1, -0.05) is 41.5 Å². The lowest BCUT2D eigenvalue weighted by Gasteiger charge is -2.56. The highest BCUT2D eigenvalue weighted by atomic mass is 16.5. The summed E-state index contributed by atoms with van der Waals surface area (Å²) in [6.45, 7) is 17.8. The van der Waals surface area contributed by atoms with Gasteiger partial charge in [-0.2, -0.15) is 0 Å². The topological polar surface area (TPSA) is 38.5 Å². The minimum absolute atomic E-state index is 0.119. The van der Waals surface area contributed by atoms with Crippen molar-refractivity contribution < 1.29 is 4.74 Å². The van der Waals surface area contributed by atoms with E-state index in [1.54, 1.807) is 7.11 Å². The SMILES string of the molecule is COCCN(CC(C)C)C1(CN)CC(C)(C)CC(C)(C)C1. The second-order valence-electron chi connectivity index (χ2n) is 9.12. The Hall–Kier alpha value is -0.120. The van der Waals surface area contributed by atoms with Gasteiger partial charge in [0.25, 0.3) is 0 Å². The first kappa shape index (κ1) is 18.9. The van der Waals surface area contributed by atoms with Gasteiger partial charge in [-0.15, -0.1) is 0 Å². The van der Waals surface area contributed by atoms with Crippen LogP contribution in [0.1, 0.15) is 60.8 Å². The smallest absolute Gasteiger partial charge is 0.0589 e. The number of nitrogens with two attached hydrogens (primary N) is 1. The second kappa shape index (κ2) is 6.97. The van der Waals surface area contributed by atoms with E-state index in [4.69, 9.17) is 10.5 Å². The van der Waals surface area contributed by atoms with Crippen LogP contribution >= 0.6 is 0 Å². The minimum atomic E-state index is 0.119. The fourth-order valence-corrected chi connectivity index (χ4v) is 4.93. The third-order valence-electron chi connectivity index (χ3n) is 4.77. The molecule has 0 atom stereocenters. The van der Waals surface area contributed by atoms with E-state index in [2.05, 4.69) is 46.4 Å². The molecule has 1 saturated carbocycles. The zero-order valence-corrected chi connectivity index (χ0v) is 15.5. The second-order valence-corrected chi connectivity index (χ2v) is 9.12. The van der Waals surface area contributed by atoms with Crippen molar-refractivity contribution in [2.45, 2.75) is 66.3 Å². The Kier molecular flexibility index (Phi) is 6.28. The lowest BCUT2D eigenvalue weighted by molar-refractivity contribution is -0.0551. The average Bonchev–Trinajstić information content (AvgIpc) is 2.29. The first-order chi connectivity index (χ1) is 9.56. The fourth-order valence-electron chi connectivity index (χ4n) is 4.93. The number of rotatable bonds is 7. The van der Waals surface area contributed by atoms with Crippen molar-refractivity contribution in [3.63, 3.8) is 0 Å². The molecule has 0 bridgehead atoms. The third kappa shape index (κ3) is 5.22. The van der Waals surface area contributed by atoms with Crippen molar-refractivity contribution >= 4 is 0 Å². The molecule has 0 amide bonds. The van der Waals surface area contributed by atoms with E-state index in [1.807, 2.05) is 0 Å². The molecule has 0 heterocycles. The van der Waals surface area contributed by atoms with Gasteiger partial charge in [0.05, 0.1) is 6.61 Å². The first-order valence-electron chi connectivity index (χ1n) is 8.50. The van der Waals surface area contributed by atoms with Crippen LogP contribution in [-0.4, -0.2) is 43.8 Å². The standard InChI is InChI=1S/C18H38N2O/c1-15(2)10-20(8-9-21-7)18(14-19)12-16(3,4)11-17(5,6)13-18/h15H,8-14,19H2,1-7H3. The molecule has 1 rings (SSSR count). The summed E-state index contributed by atoms with van der Waals surface area (Å²) in [5.41, 5.74) is 7.17. The molecule has 126 valence electrons. The Morgan fingerprint density at radius 3 is 1.95 bits per heavy atom. The van der Waals surface area contributed by atoms with Gasteiger partial charge in [0, 0.05) is 32.3 Å². The van der Waals surface area contributed by atoms with Gasteiger partial charge in [0.2, 0.25) is 0 Å². The fraction of sp³-hybridized carbons (Fsp3) is 1.00. The maximum absolute atomic E-state index is 6.35. The van der Waals surface area contributed by atoms with Gasteiger partial charge in [-0.3, -0.25) is 4.90 Å². The predicted octanol–water partition coefficient (Wildman–Crippen LogP) is 3.52. The largest absolute Gasteiger partial charge is 0.383 e. The summed E-state index contributed by atoms with van der Waals surface area (Å²) in [5, 5.41) is 0. The number of hydrogen-bond donors (Lipinski definition) is 1. The zero-order chi connectivity index (χ0) is 16.3. The molecule has 21 heavy (non-hydrogen) atoms. The lowest BCUT2D eigenvalue weighted by atomic mass is 9.58. The summed E-state index contributed by atoms with van der Waals surface area (Å²) in [5.74, 6) is 0.651. The van der Waals surface area contributed by atoms with E-state index < -0.39 is 0 Å². The Balaban J connectivity index is 3.06. The van der Waals surface area contributed by atoms with E-state index in [0.29, 0.717) is 16.7 Å². The number of nitrogens with zero attached hydrogens (tertiary/aromatic N) is 1. The van der Waals surface area contributed by atoms with Crippen LogP contribution in [0.4, 0.5) is 0 Å². The molecule has 1 fully saturated rings. The summed E-state index contributed by atoms with van der Waals surface area (Å²) in [6.07, 6.45) is 3.66. The lowest BCUT2D eigenvalue weighted by Crippen LogP contribution is -2.62. The van der Waals surface area contributed by atoms with Gasteiger partial charge in [0.15, 0.2) is 0 Å². The number of methoxy groups -OCH3 is 1. The number of ether oxygens (including phenoxy) is 1. The molecule has 3 heteroatoms. The van der Waals surface area contributed by atoms with Crippen molar-refractivity contribution in [2.24, 2.45) is 22.5 Å². The van der Waals surface area contributed by atoms with Gasteiger partial charge >= 0.3 is 0 Å². The molecule has 0 aliphatic heterocycles. The van der Waals surface area contributed by atoms with Crippen LogP contribution in [0.15, 0.2) is 0 Å². The molecule has 0 saturated heterocycles. The summed E-state index contributed by atoms with van der Waals surface area (Å²) < 4.78 is 5.36. The average molecular weight is 299 g/mol. The van der Waals surface area contributed by atoms with Gasteiger partial charge in [-0.25, -0.2) is 0 Å². The van der Waals surface area contributed by atoms with Crippen molar-refractivity contribution in [3.8, 4) is 0 Å².